The average Bonchev–Trinajstić information content (AvgIpc) is 2.98. The summed E-state index contributed by atoms with van der Waals surface area (Å²) in [5.41, 5.74) is 4.67. The van der Waals surface area contributed by atoms with E-state index in [1.54, 1.807) is 25.3 Å². The second-order valence-electron chi connectivity index (χ2n) is 13.3. The lowest BCUT2D eigenvalue weighted by molar-refractivity contribution is -0.148. The van der Waals surface area contributed by atoms with E-state index in [9.17, 15) is 24.3 Å². The van der Waals surface area contributed by atoms with Crippen molar-refractivity contribution < 1.29 is 28.7 Å². The van der Waals surface area contributed by atoms with Gasteiger partial charge in [0.25, 0.3) is 5.91 Å². The number of aromatic nitrogens is 1. The summed E-state index contributed by atoms with van der Waals surface area (Å²) in [5, 5.41) is 18.1. The van der Waals surface area contributed by atoms with Gasteiger partial charge in [-0.25, -0.2) is 5.43 Å². The van der Waals surface area contributed by atoms with Crippen LogP contribution in [0.25, 0.3) is 16.8 Å². The predicted molar refractivity (Wildman–Crippen MR) is 178 cm³/mol. The number of rotatable bonds is 12. The van der Waals surface area contributed by atoms with E-state index in [4.69, 9.17) is 4.43 Å². The van der Waals surface area contributed by atoms with Crippen LogP contribution < -0.4 is 16.1 Å². The minimum atomic E-state index is -2.33. The summed E-state index contributed by atoms with van der Waals surface area (Å²) >= 11 is 0. The number of carboxylic acids is 1. The second kappa shape index (κ2) is 15.1. The molecule has 2 aromatic rings. The van der Waals surface area contributed by atoms with Crippen LogP contribution in [0.2, 0.25) is 18.1 Å². The highest BCUT2D eigenvalue weighted by molar-refractivity contribution is 6.74. The van der Waals surface area contributed by atoms with E-state index < -0.39 is 50.3 Å². The fraction of sp³-hybridized carbons (Fsp3) is 0.545. The van der Waals surface area contributed by atoms with Gasteiger partial charge in [0.2, 0.25) is 11.8 Å². The Morgan fingerprint density at radius 3 is 2.51 bits per heavy atom. The monoisotopic (exact) mass is 639 g/mol. The van der Waals surface area contributed by atoms with E-state index >= 15 is 0 Å². The number of nitrogens with zero attached hydrogens (tertiary/aromatic N) is 2. The van der Waals surface area contributed by atoms with Gasteiger partial charge in [-0.2, -0.15) is 0 Å². The molecule has 11 nitrogen and oxygen atoms in total. The average molecular weight is 640 g/mol. The first-order chi connectivity index (χ1) is 21.0. The molecule has 1 aromatic heterocycles. The molecule has 0 saturated carbocycles. The molecule has 246 valence electrons. The van der Waals surface area contributed by atoms with E-state index in [1.165, 1.54) is 17.5 Å². The maximum atomic E-state index is 13.6. The molecule has 45 heavy (non-hydrogen) atoms. The first kappa shape index (κ1) is 35.9. The van der Waals surface area contributed by atoms with Crippen LogP contribution in [0.15, 0.2) is 36.5 Å². The highest BCUT2D eigenvalue weighted by Crippen LogP contribution is 2.37. The molecule has 3 amide bonds. The maximum Gasteiger partial charge on any atom is 0.322 e. The van der Waals surface area contributed by atoms with Crippen LogP contribution in [0.3, 0.4) is 0 Å². The summed E-state index contributed by atoms with van der Waals surface area (Å²) in [6.45, 7) is 16.1. The molecule has 0 spiro atoms. The van der Waals surface area contributed by atoms with Gasteiger partial charge in [-0.1, -0.05) is 52.0 Å². The first-order valence-electron chi connectivity index (χ1n) is 15.7. The fourth-order valence-electron chi connectivity index (χ4n) is 4.87. The molecule has 12 heteroatoms. The SMILES string of the molecule is CCc1ccc2cnc(C=CCC(=O)NC(C(=O)NC(C)C(=O)N3CCCC(C(=O)O)N3)C(C)O[Si](C)(C)C(C)(C)C)cc2c1. The minimum Gasteiger partial charge on any atom is -0.480 e. The standard InChI is InChI=1S/C33H49N5O6Si/c1-9-23-15-16-24-20-34-26(19-25(24)18-23)12-10-14-28(39)36-29(22(3)44-45(7,8)33(4,5)6)30(40)35-21(2)31(41)38-17-11-13-27(37-38)32(42)43/h10,12,15-16,18-22,27,29,37H,9,11,13-14,17H2,1-8H3,(H,35,40)(H,36,39)(H,42,43). The van der Waals surface area contributed by atoms with Crippen LogP contribution in [0, 0.1) is 0 Å². The van der Waals surface area contributed by atoms with Gasteiger partial charge in [-0.15, -0.1) is 0 Å². The third-order valence-electron chi connectivity index (χ3n) is 8.64. The van der Waals surface area contributed by atoms with Crippen LogP contribution in [0.4, 0.5) is 0 Å². The molecule has 0 bridgehead atoms. The van der Waals surface area contributed by atoms with Crippen molar-refractivity contribution in [2.75, 3.05) is 6.54 Å². The molecule has 4 N–H and O–H groups in total. The molecule has 0 radical (unpaired) electrons. The van der Waals surface area contributed by atoms with Crippen molar-refractivity contribution in [1.82, 2.24) is 26.1 Å². The summed E-state index contributed by atoms with van der Waals surface area (Å²) < 4.78 is 6.48. The van der Waals surface area contributed by atoms with Crippen molar-refractivity contribution in [3.63, 3.8) is 0 Å². The molecule has 1 aromatic carbocycles. The number of hydrogen-bond donors (Lipinski definition) is 4. The van der Waals surface area contributed by atoms with Gasteiger partial charge >= 0.3 is 5.97 Å². The number of carbonyl (C=O) groups excluding carboxylic acids is 3. The van der Waals surface area contributed by atoms with Crippen LogP contribution >= 0.6 is 0 Å². The Bertz CT molecular complexity index is 1420. The number of nitrogens with one attached hydrogen (secondary N) is 3. The van der Waals surface area contributed by atoms with Crippen molar-refractivity contribution in [2.24, 2.45) is 0 Å². The third-order valence-corrected chi connectivity index (χ3v) is 13.2. The van der Waals surface area contributed by atoms with E-state index in [0.29, 0.717) is 19.4 Å². The van der Waals surface area contributed by atoms with Crippen molar-refractivity contribution in [2.45, 2.75) is 110 Å². The van der Waals surface area contributed by atoms with Crippen molar-refractivity contribution in [1.29, 1.82) is 0 Å². The quantitative estimate of drug-likeness (QED) is 0.253. The van der Waals surface area contributed by atoms with Gasteiger partial charge in [-0.05, 0) is 74.3 Å². The van der Waals surface area contributed by atoms with Crippen LogP contribution in [0.1, 0.15) is 72.1 Å². The summed E-state index contributed by atoms with van der Waals surface area (Å²) in [4.78, 5) is 55.7. The van der Waals surface area contributed by atoms with Crippen LogP contribution in [-0.2, 0) is 30.0 Å². The summed E-state index contributed by atoms with van der Waals surface area (Å²) in [7, 11) is -2.33. The molecule has 1 aliphatic rings. The zero-order chi connectivity index (χ0) is 33.5. The summed E-state index contributed by atoms with van der Waals surface area (Å²) in [6.07, 6.45) is 6.47. The lowest BCUT2D eigenvalue weighted by Gasteiger charge is -2.40. The Morgan fingerprint density at radius 1 is 1.16 bits per heavy atom. The van der Waals surface area contributed by atoms with Gasteiger partial charge < -0.3 is 20.2 Å². The second-order valence-corrected chi connectivity index (χ2v) is 18.0. The lowest BCUT2D eigenvalue weighted by atomic mass is 10.1. The van der Waals surface area contributed by atoms with Gasteiger partial charge in [0.15, 0.2) is 8.32 Å². The van der Waals surface area contributed by atoms with Gasteiger partial charge in [-0.3, -0.25) is 29.2 Å². The molecule has 1 saturated heterocycles. The Labute approximate surface area is 267 Å². The molecule has 3 rings (SSSR count). The number of pyridine rings is 1. The third kappa shape index (κ3) is 9.69. The topological polar surface area (TPSA) is 150 Å². The highest BCUT2D eigenvalue weighted by atomic mass is 28.4. The van der Waals surface area contributed by atoms with Gasteiger partial charge in [0.05, 0.1) is 11.8 Å². The minimum absolute atomic E-state index is 0.00800. The van der Waals surface area contributed by atoms with Crippen molar-refractivity contribution in [3.05, 3.63) is 47.8 Å². The molecular weight excluding hydrogens is 590 g/mol. The number of fused-ring (bicyclic) bond motifs is 1. The molecule has 0 aliphatic carbocycles. The molecule has 4 atom stereocenters. The number of aryl methyl sites for hydroxylation is 1. The van der Waals surface area contributed by atoms with E-state index in [0.717, 1.165) is 22.9 Å². The van der Waals surface area contributed by atoms with Gasteiger partial charge in [0.1, 0.15) is 18.1 Å². The largest absolute Gasteiger partial charge is 0.480 e. The van der Waals surface area contributed by atoms with Crippen molar-refractivity contribution >= 4 is 48.9 Å². The van der Waals surface area contributed by atoms with E-state index in [1.807, 2.05) is 12.1 Å². The zero-order valence-corrected chi connectivity index (χ0v) is 28.8. The zero-order valence-electron chi connectivity index (χ0n) is 27.8. The number of amides is 3. The number of carboxylic acid groups (broad SMARTS) is 1. The predicted octanol–water partition coefficient (Wildman–Crippen LogP) is 4.18. The number of carbonyl (C=O) groups is 4. The smallest absolute Gasteiger partial charge is 0.322 e. The molecule has 2 heterocycles. The highest BCUT2D eigenvalue weighted by Gasteiger charge is 2.41. The summed E-state index contributed by atoms with van der Waals surface area (Å²) in [6, 6.07) is 5.33. The summed E-state index contributed by atoms with van der Waals surface area (Å²) in [5.74, 6) is -2.45. The Balaban J connectivity index is 1.72. The number of benzene rings is 1. The number of aliphatic carboxylic acids is 1. The van der Waals surface area contributed by atoms with Crippen LogP contribution in [-0.4, -0.2) is 77.9 Å². The normalized spacial score (nSPS) is 18.0. The maximum absolute atomic E-state index is 13.6. The number of hydrogen-bond acceptors (Lipinski definition) is 7. The Morgan fingerprint density at radius 2 is 1.87 bits per heavy atom. The Kier molecular flexibility index (Phi) is 12.0. The van der Waals surface area contributed by atoms with Crippen LogP contribution in [0.5, 0.6) is 0 Å². The molecule has 1 fully saturated rings. The van der Waals surface area contributed by atoms with E-state index in [-0.39, 0.29) is 17.4 Å². The lowest BCUT2D eigenvalue weighted by Crippen LogP contribution is -2.62. The Hall–Kier alpha value is -3.61. The van der Waals surface area contributed by atoms with E-state index in [2.05, 4.69) is 74.0 Å². The van der Waals surface area contributed by atoms with Gasteiger partial charge in [0, 0.05) is 24.5 Å². The first-order valence-corrected chi connectivity index (χ1v) is 18.6. The molecule has 1 aliphatic heterocycles. The molecular formula is C33H49N5O6Si. The fourth-order valence-corrected chi connectivity index (χ4v) is 6.28. The molecule has 4 unspecified atom stereocenters. The van der Waals surface area contributed by atoms with Crippen molar-refractivity contribution in [3.8, 4) is 0 Å². The number of hydrazine groups is 1.